The van der Waals surface area contributed by atoms with Crippen LogP contribution in [0.3, 0.4) is 0 Å². The monoisotopic (exact) mass is 450 g/mol. The minimum absolute atomic E-state index is 0.334. The first kappa shape index (κ1) is 17.6. The Morgan fingerprint density at radius 2 is 1.83 bits per heavy atom. The summed E-state index contributed by atoms with van der Waals surface area (Å²) >= 11 is 3.36. The number of benzene rings is 1. The fourth-order valence-electron chi connectivity index (χ4n) is 2.91. The van der Waals surface area contributed by atoms with Crippen LogP contribution in [0.1, 0.15) is 5.76 Å². The number of pyridine rings is 1. The maximum absolute atomic E-state index is 14.0. The zero-order valence-corrected chi connectivity index (χ0v) is 16.4. The number of rotatable bonds is 4. The highest BCUT2D eigenvalue weighted by Crippen LogP contribution is 2.26. The van der Waals surface area contributed by atoms with Crippen molar-refractivity contribution in [2.24, 2.45) is 0 Å². The van der Waals surface area contributed by atoms with Crippen LogP contribution in [0, 0.1) is 5.82 Å². The van der Waals surface area contributed by atoms with E-state index in [0.29, 0.717) is 46.5 Å². The van der Waals surface area contributed by atoms with Crippen molar-refractivity contribution in [2.75, 3.05) is 0 Å². The first-order valence-electron chi connectivity index (χ1n) is 8.68. The molecule has 2 aliphatic heterocycles. The van der Waals surface area contributed by atoms with E-state index in [-0.39, 0.29) is 5.82 Å². The van der Waals surface area contributed by atoms with E-state index >= 15 is 0 Å². The number of fused-ring (bicyclic) bond motifs is 1. The average Bonchev–Trinajstić information content (AvgIpc) is 3.35. The Hall–Kier alpha value is -3.46. The van der Waals surface area contributed by atoms with E-state index in [9.17, 15) is 4.39 Å². The van der Waals surface area contributed by atoms with Crippen LogP contribution in [-0.2, 0) is 6.54 Å². The van der Waals surface area contributed by atoms with Crippen LogP contribution in [0.5, 0.6) is 0 Å². The Labute approximate surface area is 172 Å². The van der Waals surface area contributed by atoms with Gasteiger partial charge < -0.3 is 4.52 Å². The molecule has 7 nitrogen and oxygen atoms in total. The van der Waals surface area contributed by atoms with Crippen molar-refractivity contribution >= 4 is 15.9 Å². The van der Waals surface area contributed by atoms with Gasteiger partial charge in [-0.05, 0) is 40.2 Å². The largest absolute Gasteiger partial charge is 0.359 e. The first-order chi connectivity index (χ1) is 14.2. The van der Waals surface area contributed by atoms with E-state index in [1.54, 1.807) is 41.5 Å². The molecule has 0 unspecified atom stereocenters. The predicted octanol–water partition coefficient (Wildman–Crippen LogP) is 4.44. The quantitative estimate of drug-likeness (QED) is 0.402. The minimum Gasteiger partial charge on any atom is -0.359 e. The van der Waals surface area contributed by atoms with Gasteiger partial charge in [-0.3, -0.25) is 9.67 Å². The van der Waals surface area contributed by atoms with Crippen LogP contribution in [0.4, 0.5) is 4.39 Å². The predicted molar refractivity (Wildman–Crippen MR) is 106 cm³/mol. The highest BCUT2D eigenvalue weighted by molar-refractivity contribution is 9.10. The van der Waals surface area contributed by atoms with Crippen molar-refractivity contribution in [3.05, 3.63) is 77.1 Å². The third-order valence-electron chi connectivity index (χ3n) is 4.30. The van der Waals surface area contributed by atoms with Crippen LogP contribution in [0.25, 0.3) is 34.2 Å². The lowest BCUT2D eigenvalue weighted by atomic mass is 10.2. The number of hydrogen-bond donors (Lipinski definition) is 0. The Bertz CT molecular complexity index is 1270. The average molecular weight is 451 g/mol. The van der Waals surface area contributed by atoms with Crippen molar-refractivity contribution in [3.63, 3.8) is 0 Å². The van der Waals surface area contributed by atoms with Gasteiger partial charge in [-0.25, -0.2) is 14.4 Å². The molecule has 29 heavy (non-hydrogen) atoms. The van der Waals surface area contributed by atoms with E-state index in [1.165, 1.54) is 6.07 Å². The molecule has 0 N–H and O–H groups in total. The van der Waals surface area contributed by atoms with Gasteiger partial charge in [0.2, 0.25) is 0 Å². The maximum Gasteiger partial charge on any atom is 0.163 e. The van der Waals surface area contributed by atoms with Crippen LogP contribution in [0.15, 0.2) is 70.1 Å². The van der Waals surface area contributed by atoms with Crippen molar-refractivity contribution in [1.29, 1.82) is 0 Å². The fraction of sp³-hybridized carbons (Fsp3) is 0.0500. The molecule has 0 atom stereocenters. The SMILES string of the molecule is Fc1ccccc1-c1nc2cnn(Cc3cc(-c4ccc(Br)cn4)no3)cc-2n1. The molecule has 0 fully saturated rings. The second-order valence-electron chi connectivity index (χ2n) is 6.31. The molecule has 2 aliphatic rings. The van der Waals surface area contributed by atoms with E-state index in [4.69, 9.17) is 4.52 Å². The molecular weight excluding hydrogens is 439 g/mol. The molecule has 142 valence electrons. The molecule has 9 heteroatoms. The lowest BCUT2D eigenvalue weighted by Gasteiger charge is -2.03. The standard InChI is InChI=1S/C20H12BrFN6O/c21-12-5-6-16(23-8-12)17-7-13(29-27-17)10-28-11-19-18(9-24-28)25-20(26-19)14-3-1-2-4-15(14)22/h1-9,11H,10H2. The smallest absolute Gasteiger partial charge is 0.163 e. The molecule has 0 saturated heterocycles. The molecule has 2 aromatic heterocycles. The summed E-state index contributed by atoms with van der Waals surface area (Å²) in [4.78, 5) is 13.1. The summed E-state index contributed by atoms with van der Waals surface area (Å²) < 4.78 is 22.0. The van der Waals surface area contributed by atoms with Crippen molar-refractivity contribution < 1.29 is 8.91 Å². The van der Waals surface area contributed by atoms with Crippen LogP contribution in [0.2, 0.25) is 0 Å². The number of nitrogens with zero attached hydrogens (tertiary/aromatic N) is 6. The summed E-state index contributed by atoms with van der Waals surface area (Å²) in [5.41, 5.74) is 2.93. The van der Waals surface area contributed by atoms with Crippen molar-refractivity contribution in [2.45, 2.75) is 6.54 Å². The maximum atomic E-state index is 14.0. The third-order valence-corrected chi connectivity index (χ3v) is 4.77. The van der Waals surface area contributed by atoms with Gasteiger partial charge in [0.25, 0.3) is 0 Å². The van der Waals surface area contributed by atoms with E-state index < -0.39 is 0 Å². The highest BCUT2D eigenvalue weighted by atomic mass is 79.9. The summed E-state index contributed by atoms with van der Waals surface area (Å²) in [7, 11) is 0. The van der Waals surface area contributed by atoms with Gasteiger partial charge in [0.1, 0.15) is 29.4 Å². The Kier molecular flexibility index (Phi) is 4.36. The van der Waals surface area contributed by atoms with Gasteiger partial charge in [0.05, 0.1) is 23.7 Å². The van der Waals surface area contributed by atoms with Gasteiger partial charge in [-0.1, -0.05) is 17.3 Å². The van der Waals surface area contributed by atoms with E-state index in [1.807, 2.05) is 18.2 Å². The number of hydrogen-bond acceptors (Lipinski definition) is 6. The molecule has 0 saturated carbocycles. The van der Waals surface area contributed by atoms with Gasteiger partial charge >= 0.3 is 0 Å². The van der Waals surface area contributed by atoms with Gasteiger partial charge in [-0.2, -0.15) is 5.10 Å². The van der Waals surface area contributed by atoms with Crippen molar-refractivity contribution in [1.82, 2.24) is 29.9 Å². The van der Waals surface area contributed by atoms with E-state index in [0.717, 1.165) is 4.47 Å². The second-order valence-corrected chi connectivity index (χ2v) is 7.22. The van der Waals surface area contributed by atoms with Gasteiger partial charge in [0.15, 0.2) is 11.6 Å². The molecule has 0 spiro atoms. The summed E-state index contributed by atoms with van der Waals surface area (Å²) in [6.07, 6.45) is 5.04. The summed E-state index contributed by atoms with van der Waals surface area (Å²) in [5, 5.41) is 8.40. The van der Waals surface area contributed by atoms with Crippen molar-refractivity contribution in [3.8, 4) is 34.2 Å². The van der Waals surface area contributed by atoms with Gasteiger partial charge in [-0.15, -0.1) is 0 Å². The Balaban J connectivity index is 1.41. The lowest BCUT2D eigenvalue weighted by Crippen LogP contribution is -2.04. The Morgan fingerprint density at radius 3 is 2.66 bits per heavy atom. The molecule has 4 heterocycles. The summed E-state index contributed by atoms with van der Waals surface area (Å²) in [6.45, 7) is 0.362. The van der Waals surface area contributed by atoms with Crippen LogP contribution >= 0.6 is 15.9 Å². The van der Waals surface area contributed by atoms with Crippen LogP contribution in [-0.4, -0.2) is 29.9 Å². The number of imidazole rings is 1. The molecule has 0 radical (unpaired) electrons. The first-order valence-corrected chi connectivity index (χ1v) is 9.48. The number of halogens is 2. The highest BCUT2D eigenvalue weighted by Gasteiger charge is 2.16. The molecule has 3 aromatic rings. The normalized spacial score (nSPS) is 11.2. The van der Waals surface area contributed by atoms with Crippen LogP contribution < -0.4 is 0 Å². The summed E-state index contributed by atoms with van der Waals surface area (Å²) in [5.74, 6) is 0.593. The zero-order valence-electron chi connectivity index (χ0n) is 14.8. The molecule has 0 amide bonds. The molecule has 1 aromatic carbocycles. The fourth-order valence-corrected chi connectivity index (χ4v) is 3.14. The van der Waals surface area contributed by atoms with Gasteiger partial charge in [0, 0.05) is 16.7 Å². The number of aromatic nitrogens is 6. The molecule has 5 rings (SSSR count). The summed E-state index contributed by atoms with van der Waals surface area (Å²) in [6, 6.07) is 12.0. The zero-order chi connectivity index (χ0) is 19.8. The molecular formula is C20H12BrFN6O. The topological polar surface area (TPSA) is 82.5 Å². The molecule has 0 aliphatic carbocycles. The lowest BCUT2D eigenvalue weighted by molar-refractivity contribution is 0.372. The second kappa shape index (κ2) is 7.17. The van der Waals surface area contributed by atoms with E-state index in [2.05, 4.69) is 41.1 Å². The molecule has 0 bridgehead atoms. The third kappa shape index (κ3) is 3.52. The Morgan fingerprint density at radius 1 is 0.966 bits per heavy atom. The minimum atomic E-state index is -0.362.